The molecule has 0 spiro atoms. The molecule has 1 rings (SSSR count). The molecule has 1 atom stereocenters. The second-order valence-corrected chi connectivity index (χ2v) is 4.89. The van der Waals surface area contributed by atoms with Crippen molar-refractivity contribution in [3.05, 3.63) is 34.3 Å². The zero-order chi connectivity index (χ0) is 10.6. The van der Waals surface area contributed by atoms with Gasteiger partial charge in [-0.05, 0) is 37.1 Å². The van der Waals surface area contributed by atoms with Gasteiger partial charge in [0.2, 0.25) is 0 Å². The third kappa shape index (κ3) is 3.43. The molecule has 14 heavy (non-hydrogen) atoms. The predicted octanol–water partition coefficient (Wildman–Crippen LogP) is 3.24. The number of rotatable bonds is 4. The second kappa shape index (κ2) is 5.52. The Hall–Kier alpha value is -0.340. The quantitative estimate of drug-likeness (QED) is 0.872. The standard InChI is InChI=1S/C12H18BrN/c1-9(2)12(14-3)8-10-4-6-11(13)7-5-10/h4-7,9,12,14H,8H2,1-3H3. The minimum atomic E-state index is 0.566. The highest BCUT2D eigenvalue weighted by Gasteiger charge is 2.10. The van der Waals surface area contributed by atoms with E-state index in [9.17, 15) is 0 Å². The van der Waals surface area contributed by atoms with Gasteiger partial charge in [0.15, 0.2) is 0 Å². The molecule has 78 valence electrons. The summed E-state index contributed by atoms with van der Waals surface area (Å²) in [7, 11) is 2.03. The fraction of sp³-hybridized carbons (Fsp3) is 0.500. The van der Waals surface area contributed by atoms with E-state index in [0.717, 1.165) is 10.9 Å². The van der Waals surface area contributed by atoms with Crippen molar-refractivity contribution in [1.82, 2.24) is 5.32 Å². The summed E-state index contributed by atoms with van der Waals surface area (Å²) >= 11 is 3.44. The molecule has 0 saturated heterocycles. The largest absolute Gasteiger partial charge is 0.316 e. The maximum absolute atomic E-state index is 3.44. The third-order valence-electron chi connectivity index (χ3n) is 2.54. The van der Waals surface area contributed by atoms with Crippen LogP contribution in [0.1, 0.15) is 19.4 Å². The van der Waals surface area contributed by atoms with Crippen molar-refractivity contribution < 1.29 is 0 Å². The summed E-state index contributed by atoms with van der Waals surface area (Å²) in [5, 5.41) is 3.35. The van der Waals surface area contributed by atoms with E-state index in [1.165, 1.54) is 5.56 Å². The third-order valence-corrected chi connectivity index (χ3v) is 3.07. The number of hydrogen-bond acceptors (Lipinski definition) is 1. The zero-order valence-electron chi connectivity index (χ0n) is 9.05. The summed E-state index contributed by atoms with van der Waals surface area (Å²) in [5.74, 6) is 0.670. The molecule has 0 aliphatic carbocycles. The summed E-state index contributed by atoms with van der Waals surface area (Å²) in [4.78, 5) is 0. The normalized spacial score (nSPS) is 13.2. The first kappa shape index (κ1) is 11.7. The van der Waals surface area contributed by atoms with Gasteiger partial charge < -0.3 is 5.32 Å². The lowest BCUT2D eigenvalue weighted by Gasteiger charge is -2.20. The molecule has 1 N–H and O–H groups in total. The van der Waals surface area contributed by atoms with Gasteiger partial charge >= 0.3 is 0 Å². The van der Waals surface area contributed by atoms with Gasteiger partial charge in [0, 0.05) is 10.5 Å². The van der Waals surface area contributed by atoms with Gasteiger partial charge in [0.1, 0.15) is 0 Å². The highest BCUT2D eigenvalue weighted by molar-refractivity contribution is 9.10. The van der Waals surface area contributed by atoms with Crippen LogP contribution in [0.2, 0.25) is 0 Å². The Morgan fingerprint density at radius 1 is 1.21 bits per heavy atom. The molecule has 0 heterocycles. The highest BCUT2D eigenvalue weighted by atomic mass is 79.9. The molecule has 2 heteroatoms. The number of halogens is 1. The smallest absolute Gasteiger partial charge is 0.0175 e. The lowest BCUT2D eigenvalue weighted by Crippen LogP contribution is -2.32. The Labute approximate surface area is 95.0 Å². The monoisotopic (exact) mass is 255 g/mol. The summed E-state index contributed by atoms with van der Waals surface area (Å²) < 4.78 is 1.15. The molecule has 0 fully saturated rings. The molecule has 0 amide bonds. The Bertz CT molecular complexity index is 266. The van der Waals surface area contributed by atoms with E-state index >= 15 is 0 Å². The lowest BCUT2D eigenvalue weighted by molar-refractivity contribution is 0.424. The van der Waals surface area contributed by atoms with Gasteiger partial charge in [-0.2, -0.15) is 0 Å². The van der Waals surface area contributed by atoms with Crippen LogP contribution in [0.5, 0.6) is 0 Å². The van der Waals surface area contributed by atoms with E-state index in [-0.39, 0.29) is 0 Å². The van der Waals surface area contributed by atoms with Crippen molar-refractivity contribution in [2.24, 2.45) is 5.92 Å². The zero-order valence-corrected chi connectivity index (χ0v) is 10.6. The van der Waals surface area contributed by atoms with E-state index < -0.39 is 0 Å². The van der Waals surface area contributed by atoms with Crippen LogP contribution < -0.4 is 5.32 Å². The van der Waals surface area contributed by atoms with Crippen LogP contribution >= 0.6 is 15.9 Å². The molecule has 0 saturated carbocycles. The van der Waals surface area contributed by atoms with Gasteiger partial charge in [0.05, 0.1) is 0 Å². The van der Waals surface area contributed by atoms with E-state index in [1.807, 2.05) is 7.05 Å². The molecule has 0 radical (unpaired) electrons. The fourth-order valence-electron chi connectivity index (χ4n) is 1.55. The van der Waals surface area contributed by atoms with E-state index in [2.05, 4.69) is 59.4 Å². The molecule has 1 nitrogen and oxygen atoms in total. The molecule has 1 aromatic rings. The summed E-state index contributed by atoms with van der Waals surface area (Å²) in [5.41, 5.74) is 1.39. The Kier molecular flexibility index (Phi) is 4.63. The fourth-order valence-corrected chi connectivity index (χ4v) is 1.81. The Morgan fingerprint density at radius 3 is 2.21 bits per heavy atom. The minimum Gasteiger partial charge on any atom is -0.316 e. The van der Waals surface area contributed by atoms with E-state index in [1.54, 1.807) is 0 Å². The Morgan fingerprint density at radius 2 is 1.79 bits per heavy atom. The van der Waals surface area contributed by atoms with Crippen molar-refractivity contribution in [2.75, 3.05) is 7.05 Å². The lowest BCUT2D eigenvalue weighted by atomic mass is 9.97. The molecule has 0 bridgehead atoms. The second-order valence-electron chi connectivity index (χ2n) is 3.97. The first-order chi connectivity index (χ1) is 6.63. The van der Waals surface area contributed by atoms with Gasteiger partial charge in [0.25, 0.3) is 0 Å². The Balaban J connectivity index is 2.63. The molecular formula is C12H18BrN. The number of benzene rings is 1. The van der Waals surface area contributed by atoms with Crippen LogP contribution in [0.4, 0.5) is 0 Å². The van der Waals surface area contributed by atoms with E-state index in [0.29, 0.717) is 12.0 Å². The number of nitrogens with one attached hydrogen (secondary N) is 1. The molecular weight excluding hydrogens is 238 g/mol. The minimum absolute atomic E-state index is 0.566. The average Bonchev–Trinajstić information content (AvgIpc) is 2.16. The molecule has 0 aromatic heterocycles. The van der Waals surface area contributed by atoms with Crippen LogP contribution in [0.15, 0.2) is 28.7 Å². The van der Waals surface area contributed by atoms with Crippen LogP contribution in [0.3, 0.4) is 0 Å². The molecule has 0 aliphatic heterocycles. The summed E-state index contributed by atoms with van der Waals surface area (Å²) in [6.45, 7) is 4.50. The van der Waals surface area contributed by atoms with Crippen molar-refractivity contribution in [3.63, 3.8) is 0 Å². The maximum atomic E-state index is 3.44. The van der Waals surface area contributed by atoms with Gasteiger partial charge in [-0.3, -0.25) is 0 Å². The summed E-state index contributed by atoms with van der Waals surface area (Å²) in [6, 6.07) is 9.12. The van der Waals surface area contributed by atoms with Gasteiger partial charge in [-0.15, -0.1) is 0 Å². The van der Waals surface area contributed by atoms with Crippen molar-refractivity contribution in [2.45, 2.75) is 26.3 Å². The topological polar surface area (TPSA) is 12.0 Å². The highest BCUT2D eigenvalue weighted by Crippen LogP contribution is 2.14. The first-order valence-electron chi connectivity index (χ1n) is 5.05. The number of hydrogen-bond donors (Lipinski definition) is 1. The number of likely N-dealkylation sites (N-methyl/N-ethyl adjacent to an activating group) is 1. The molecule has 1 unspecified atom stereocenters. The van der Waals surface area contributed by atoms with Gasteiger partial charge in [-0.25, -0.2) is 0 Å². The summed E-state index contributed by atoms with van der Waals surface area (Å²) in [6.07, 6.45) is 1.10. The van der Waals surface area contributed by atoms with Gasteiger partial charge in [-0.1, -0.05) is 41.9 Å². The maximum Gasteiger partial charge on any atom is 0.0175 e. The van der Waals surface area contributed by atoms with Crippen molar-refractivity contribution in [1.29, 1.82) is 0 Å². The van der Waals surface area contributed by atoms with Crippen molar-refractivity contribution >= 4 is 15.9 Å². The predicted molar refractivity (Wildman–Crippen MR) is 65.5 cm³/mol. The first-order valence-corrected chi connectivity index (χ1v) is 5.84. The van der Waals surface area contributed by atoms with Crippen LogP contribution in [-0.4, -0.2) is 13.1 Å². The SMILES string of the molecule is CNC(Cc1ccc(Br)cc1)C(C)C. The van der Waals surface area contributed by atoms with Crippen LogP contribution in [0.25, 0.3) is 0 Å². The van der Waals surface area contributed by atoms with Crippen LogP contribution in [0, 0.1) is 5.92 Å². The molecule has 1 aromatic carbocycles. The van der Waals surface area contributed by atoms with Crippen LogP contribution in [-0.2, 0) is 6.42 Å². The van der Waals surface area contributed by atoms with Crippen molar-refractivity contribution in [3.8, 4) is 0 Å². The van der Waals surface area contributed by atoms with E-state index in [4.69, 9.17) is 0 Å². The average molecular weight is 256 g/mol. The molecule has 0 aliphatic rings.